The Kier molecular flexibility index (Phi) is 5.53. The zero-order valence-corrected chi connectivity index (χ0v) is 13.4. The molecule has 0 aliphatic carbocycles. The van der Waals surface area contributed by atoms with Gasteiger partial charge in [-0.05, 0) is 37.1 Å². The van der Waals surface area contributed by atoms with Crippen LogP contribution in [0.3, 0.4) is 0 Å². The van der Waals surface area contributed by atoms with Gasteiger partial charge in [0.2, 0.25) is 15.9 Å². The number of amides is 1. The van der Waals surface area contributed by atoms with Crippen LogP contribution in [0.2, 0.25) is 0 Å². The first-order chi connectivity index (χ1) is 10.8. The van der Waals surface area contributed by atoms with Crippen LogP contribution in [0.1, 0.15) is 12.8 Å². The van der Waals surface area contributed by atoms with Crippen molar-refractivity contribution in [3.63, 3.8) is 0 Å². The lowest BCUT2D eigenvalue weighted by Crippen LogP contribution is -2.40. The number of hydrogen-bond donors (Lipinski definition) is 1. The van der Waals surface area contributed by atoms with Gasteiger partial charge in [-0.3, -0.25) is 4.79 Å². The van der Waals surface area contributed by atoms with Crippen molar-refractivity contribution in [3.05, 3.63) is 24.3 Å². The number of rotatable bonds is 5. The third-order valence-electron chi connectivity index (χ3n) is 3.64. The summed E-state index contributed by atoms with van der Waals surface area (Å²) in [4.78, 5) is 12.2. The normalized spacial score (nSPS) is 17.2. The van der Waals surface area contributed by atoms with Crippen molar-refractivity contribution in [1.82, 2.24) is 4.31 Å². The van der Waals surface area contributed by atoms with Gasteiger partial charge >= 0.3 is 6.61 Å². The Morgan fingerprint density at radius 2 is 1.83 bits per heavy atom. The molecule has 128 valence electrons. The summed E-state index contributed by atoms with van der Waals surface area (Å²) < 4.78 is 52.5. The molecule has 23 heavy (non-hydrogen) atoms. The maximum absolute atomic E-state index is 12.2. The minimum Gasteiger partial charge on any atom is -0.435 e. The van der Waals surface area contributed by atoms with Crippen molar-refractivity contribution < 1.29 is 26.7 Å². The van der Waals surface area contributed by atoms with Gasteiger partial charge in [-0.2, -0.15) is 8.78 Å². The number of piperidine rings is 1. The molecule has 1 fully saturated rings. The third kappa shape index (κ3) is 5.14. The number of hydrogen-bond acceptors (Lipinski definition) is 4. The molecule has 0 atom stereocenters. The van der Waals surface area contributed by atoms with Crippen LogP contribution in [0, 0.1) is 5.92 Å². The molecule has 0 aromatic heterocycles. The lowest BCUT2D eigenvalue weighted by Gasteiger charge is -2.29. The standard InChI is InChI=1S/C14H18F2N2O4S/c1-23(20,21)18-8-6-10(7-9-18)13(19)17-11-2-4-12(5-3-11)22-14(15)16/h2-5,10,14H,6-9H2,1H3,(H,17,19). The summed E-state index contributed by atoms with van der Waals surface area (Å²) in [6, 6.07) is 5.63. The number of carbonyl (C=O) groups is 1. The molecule has 1 N–H and O–H groups in total. The molecule has 1 saturated heterocycles. The summed E-state index contributed by atoms with van der Waals surface area (Å²) in [5.74, 6) is -0.467. The van der Waals surface area contributed by atoms with E-state index < -0.39 is 16.6 Å². The van der Waals surface area contributed by atoms with Crippen molar-refractivity contribution in [1.29, 1.82) is 0 Å². The third-order valence-corrected chi connectivity index (χ3v) is 4.94. The molecule has 1 amide bonds. The molecule has 1 heterocycles. The number of alkyl halides is 2. The highest BCUT2D eigenvalue weighted by Gasteiger charge is 2.28. The van der Waals surface area contributed by atoms with E-state index in [0.29, 0.717) is 31.6 Å². The van der Waals surface area contributed by atoms with Gasteiger partial charge in [0.15, 0.2) is 0 Å². The Balaban J connectivity index is 1.88. The van der Waals surface area contributed by atoms with E-state index in [1.54, 1.807) is 0 Å². The molecule has 2 rings (SSSR count). The number of carbonyl (C=O) groups excluding carboxylic acids is 1. The fourth-order valence-corrected chi connectivity index (χ4v) is 3.29. The van der Waals surface area contributed by atoms with Crippen LogP contribution < -0.4 is 10.1 Å². The van der Waals surface area contributed by atoms with Gasteiger partial charge in [-0.15, -0.1) is 0 Å². The van der Waals surface area contributed by atoms with Gasteiger partial charge in [0.05, 0.1) is 6.26 Å². The second kappa shape index (κ2) is 7.22. The maximum atomic E-state index is 12.2. The smallest absolute Gasteiger partial charge is 0.387 e. The molecule has 0 spiro atoms. The number of ether oxygens (including phenoxy) is 1. The molecule has 0 saturated carbocycles. The van der Waals surface area contributed by atoms with E-state index >= 15 is 0 Å². The second-order valence-electron chi connectivity index (χ2n) is 5.33. The highest BCUT2D eigenvalue weighted by molar-refractivity contribution is 7.88. The molecule has 6 nitrogen and oxygen atoms in total. The summed E-state index contributed by atoms with van der Waals surface area (Å²) in [5.41, 5.74) is 0.474. The van der Waals surface area contributed by atoms with Crippen molar-refractivity contribution in [2.24, 2.45) is 5.92 Å². The Labute approximate surface area is 133 Å². The Morgan fingerprint density at radius 3 is 2.30 bits per heavy atom. The molecule has 0 radical (unpaired) electrons. The minimum atomic E-state index is -3.22. The largest absolute Gasteiger partial charge is 0.435 e. The zero-order chi connectivity index (χ0) is 17.0. The molecule has 9 heteroatoms. The van der Waals surface area contributed by atoms with Gasteiger partial charge in [0, 0.05) is 24.7 Å². The molecular formula is C14H18F2N2O4S. The first-order valence-electron chi connectivity index (χ1n) is 7.06. The molecule has 0 bridgehead atoms. The predicted molar refractivity (Wildman–Crippen MR) is 80.8 cm³/mol. The Morgan fingerprint density at radius 1 is 1.26 bits per heavy atom. The average Bonchev–Trinajstić information content (AvgIpc) is 2.48. The first-order valence-corrected chi connectivity index (χ1v) is 8.91. The fraction of sp³-hybridized carbons (Fsp3) is 0.500. The highest BCUT2D eigenvalue weighted by Crippen LogP contribution is 2.22. The monoisotopic (exact) mass is 348 g/mol. The minimum absolute atomic E-state index is 0.0134. The van der Waals surface area contributed by atoms with Crippen LogP contribution in [-0.2, 0) is 14.8 Å². The van der Waals surface area contributed by atoms with E-state index in [9.17, 15) is 22.0 Å². The van der Waals surface area contributed by atoms with Gasteiger partial charge in [0.1, 0.15) is 5.75 Å². The average molecular weight is 348 g/mol. The number of nitrogens with zero attached hydrogens (tertiary/aromatic N) is 1. The number of sulfonamides is 1. The number of benzene rings is 1. The summed E-state index contributed by atoms with van der Waals surface area (Å²) in [7, 11) is -3.22. The molecule has 0 unspecified atom stereocenters. The summed E-state index contributed by atoms with van der Waals surface area (Å²) in [6.45, 7) is -2.26. The van der Waals surface area contributed by atoms with E-state index in [0.717, 1.165) is 6.26 Å². The lowest BCUT2D eigenvalue weighted by molar-refractivity contribution is -0.120. The molecule has 1 aromatic carbocycles. The van der Waals surface area contributed by atoms with Crippen molar-refractivity contribution >= 4 is 21.6 Å². The van der Waals surface area contributed by atoms with Gasteiger partial charge in [-0.1, -0.05) is 0 Å². The van der Waals surface area contributed by atoms with Crippen molar-refractivity contribution in [2.75, 3.05) is 24.7 Å². The van der Waals surface area contributed by atoms with E-state index in [-0.39, 0.29) is 17.6 Å². The Hall–Kier alpha value is -1.74. The molecule has 1 aliphatic heterocycles. The summed E-state index contributed by atoms with van der Waals surface area (Å²) in [6.07, 6.45) is 2.05. The van der Waals surface area contributed by atoms with E-state index in [2.05, 4.69) is 10.1 Å². The highest BCUT2D eigenvalue weighted by atomic mass is 32.2. The van der Waals surface area contributed by atoms with Crippen LogP contribution >= 0.6 is 0 Å². The second-order valence-corrected chi connectivity index (χ2v) is 7.31. The molecule has 1 aliphatic rings. The lowest BCUT2D eigenvalue weighted by atomic mass is 9.97. The summed E-state index contributed by atoms with van der Waals surface area (Å²) in [5, 5.41) is 2.70. The van der Waals surface area contributed by atoms with Gasteiger partial charge in [0.25, 0.3) is 0 Å². The summed E-state index contributed by atoms with van der Waals surface area (Å²) >= 11 is 0. The van der Waals surface area contributed by atoms with Crippen molar-refractivity contribution in [3.8, 4) is 5.75 Å². The SMILES string of the molecule is CS(=O)(=O)N1CCC(C(=O)Nc2ccc(OC(F)F)cc2)CC1. The van der Waals surface area contributed by atoms with Gasteiger partial charge < -0.3 is 10.1 Å². The topological polar surface area (TPSA) is 75.7 Å². The van der Waals surface area contributed by atoms with Crippen LogP contribution in [-0.4, -0.2) is 44.6 Å². The number of nitrogens with one attached hydrogen (secondary N) is 1. The van der Waals surface area contributed by atoms with Crippen molar-refractivity contribution in [2.45, 2.75) is 19.5 Å². The van der Waals surface area contributed by atoms with E-state index in [1.807, 2.05) is 0 Å². The number of anilines is 1. The van der Waals surface area contributed by atoms with E-state index in [4.69, 9.17) is 0 Å². The quantitative estimate of drug-likeness (QED) is 0.882. The predicted octanol–water partition coefficient (Wildman–Crippen LogP) is 1.90. The van der Waals surface area contributed by atoms with Crippen LogP contribution in [0.4, 0.5) is 14.5 Å². The fourth-order valence-electron chi connectivity index (χ4n) is 2.41. The van der Waals surface area contributed by atoms with Crippen LogP contribution in [0.25, 0.3) is 0 Å². The van der Waals surface area contributed by atoms with E-state index in [1.165, 1.54) is 28.6 Å². The van der Waals surface area contributed by atoms with Crippen LogP contribution in [0.15, 0.2) is 24.3 Å². The zero-order valence-electron chi connectivity index (χ0n) is 12.5. The maximum Gasteiger partial charge on any atom is 0.387 e. The van der Waals surface area contributed by atoms with Gasteiger partial charge in [-0.25, -0.2) is 12.7 Å². The molecule has 1 aromatic rings. The molecular weight excluding hydrogens is 330 g/mol. The first kappa shape index (κ1) is 17.6. The Bertz CT molecular complexity index is 641. The number of halogens is 2. The van der Waals surface area contributed by atoms with Crippen LogP contribution in [0.5, 0.6) is 5.75 Å².